The quantitative estimate of drug-likeness (QED) is 0.562. The highest BCUT2D eigenvalue weighted by Gasteiger charge is 1.93. The normalized spacial score (nSPS) is 12.3. The molecule has 0 aliphatic carbocycles. The van der Waals surface area contributed by atoms with Gasteiger partial charge >= 0.3 is 0 Å². The lowest BCUT2D eigenvalue weighted by Crippen LogP contribution is -1.90. The molecule has 0 aliphatic rings. The van der Waals surface area contributed by atoms with E-state index in [1.807, 2.05) is 18.2 Å². The Hall–Kier alpha value is -1.07. The van der Waals surface area contributed by atoms with Crippen molar-refractivity contribution in [3.05, 3.63) is 48.2 Å². The molecule has 0 amide bonds. The maximum atomic E-state index is 5.26. The Balaban J connectivity index is 2.94. The van der Waals surface area contributed by atoms with Crippen LogP contribution in [0.3, 0.4) is 0 Å². The minimum Gasteiger partial charge on any atom is -0.405 e. The Kier molecular flexibility index (Phi) is 3.72. The fraction of sp³-hybridized carbons (Fsp3) is 0.0909. The van der Waals surface area contributed by atoms with Crippen molar-refractivity contribution in [1.29, 1.82) is 0 Å². The molecule has 0 saturated heterocycles. The maximum Gasteiger partial charge on any atom is -0.00623 e. The van der Waals surface area contributed by atoms with E-state index < -0.39 is 0 Å². The standard InChI is InChI=1S/C11H14NP/c1-9(4-3-7-12)10-5-2-6-11(13)8-10/h2-8H,12-13H2,1H3/b7-3-,9-4+. The Bertz CT molecular complexity index is 340. The summed E-state index contributed by atoms with van der Waals surface area (Å²) in [6.07, 6.45) is 5.37. The highest BCUT2D eigenvalue weighted by atomic mass is 31.0. The van der Waals surface area contributed by atoms with E-state index in [1.54, 1.807) is 0 Å². The highest BCUT2D eigenvalue weighted by molar-refractivity contribution is 7.27. The average Bonchev–Trinajstić information content (AvgIpc) is 2.14. The van der Waals surface area contributed by atoms with Crippen LogP contribution in [0, 0.1) is 0 Å². The van der Waals surface area contributed by atoms with Crippen LogP contribution in [0.25, 0.3) is 5.57 Å². The van der Waals surface area contributed by atoms with Crippen LogP contribution in [0.5, 0.6) is 0 Å². The molecule has 2 heteroatoms. The van der Waals surface area contributed by atoms with Crippen LogP contribution in [0.15, 0.2) is 42.6 Å². The van der Waals surface area contributed by atoms with Crippen LogP contribution in [0.2, 0.25) is 0 Å². The van der Waals surface area contributed by atoms with Gasteiger partial charge in [0.05, 0.1) is 0 Å². The number of hydrogen-bond acceptors (Lipinski definition) is 1. The molecule has 0 fully saturated rings. The third kappa shape index (κ3) is 3.04. The van der Waals surface area contributed by atoms with Gasteiger partial charge in [-0.3, -0.25) is 0 Å². The zero-order valence-corrected chi connectivity index (χ0v) is 8.85. The topological polar surface area (TPSA) is 26.0 Å². The number of rotatable bonds is 2. The van der Waals surface area contributed by atoms with E-state index in [1.165, 1.54) is 22.6 Å². The van der Waals surface area contributed by atoms with Crippen LogP contribution in [-0.2, 0) is 0 Å². The van der Waals surface area contributed by atoms with Gasteiger partial charge in [-0.05, 0) is 41.7 Å². The first-order valence-corrected chi connectivity index (χ1v) is 4.73. The zero-order chi connectivity index (χ0) is 9.68. The predicted molar refractivity (Wildman–Crippen MR) is 62.8 cm³/mol. The molecule has 1 rings (SSSR count). The Morgan fingerprint density at radius 1 is 1.46 bits per heavy atom. The first kappa shape index (κ1) is 10.0. The zero-order valence-electron chi connectivity index (χ0n) is 7.70. The minimum absolute atomic E-state index is 1.20. The maximum absolute atomic E-state index is 5.26. The molecule has 68 valence electrons. The average molecular weight is 191 g/mol. The van der Waals surface area contributed by atoms with E-state index in [0.29, 0.717) is 0 Å². The van der Waals surface area contributed by atoms with Gasteiger partial charge in [0.15, 0.2) is 0 Å². The van der Waals surface area contributed by atoms with E-state index in [0.717, 1.165) is 0 Å². The molecule has 0 saturated carbocycles. The molecule has 0 heterocycles. The summed E-state index contributed by atoms with van der Waals surface area (Å²) in [4.78, 5) is 0. The lowest BCUT2D eigenvalue weighted by atomic mass is 10.1. The molecule has 0 bridgehead atoms. The van der Waals surface area contributed by atoms with Gasteiger partial charge in [0.1, 0.15) is 0 Å². The summed E-state index contributed by atoms with van der Waals surface area (Å²) in [6, 6.07) is 8.31. The number of benzene rings is 1. The minimum atomic E-state index is 1.20. The van der Waals surface area contributed by atoms with Crippen molar-refractivity contribution in [2.45, 2.75) is 6.92 Å². The van der Waals surface area contributed by atoms with E-state index >= 15 is 0 Å². The van der Waals surface area contributed by atoms with Gasteiger partial charge in [0.2, 0.25) is 0 Å². The first-order valence-electron chi connectivity index (χ1n) is 4.15. The molecule has 1 nitrogen and oxygen atoms in total. The third-order valence-electron chi connectivity index (χ3n) is 1.80. The molecule has 1 aromatic rings. The van der Waals surface area contributed by atoms with Crippen molar-refractivity contribution < 1.29 is 0 Å². The lowest BCUT2D eigenvalue weighted by molar-refractivity contribution is 1.57. The summed E-state index contributed by atoms with van der Waals surface area (Å²) < 4.78 is 0. The lowest BCUT2D eigenvalue weighted by Gasteiger charge is -2.00. The van der Waals surface area contributed by atoms with Crippen LogP contribution in [0.4, 0.5) is 0 Å². The van der Waals surface area contributed by atoms with Gasteiger partial charge < -0.3 is 5.73 Å². The van der Waals surface area contributed by atoms with Crippen LogP contribution >= 0.6 is 9.24 Å². The van der Waals surface area contributed by atoms with E-state index in [-0.39, 0.29) is 0 Å². The molecular weight excluding hydrogens is 177 g/mol. The van der Waals surface area contributed by atoms with Gasteiger partial charge in [0.25, 0.3) is 0 Å². The smallest absolute Gasteiger partial charge is 0.00623 e. The monoisotopic (exact) mass is 191 g/mol. The summed E-state index contributed by atoms with van der Waals surface area (Å²) in [5, 5.41) is 1.20. The summed E-state index contributed by atoms with van der Waals surface area (Å²) >= 11 is 0. The first-order chi connectivity index (χ1) is 6.24. The molecule has 1 atom stereocenters. The fourth-order valence-electron chi connectivity index (χ4n) is 1.08. The predicted octanol–water partition coefficient (Wildman–Crippen LogP) is 2.06. The largest absolute Gasteiger partial charge is 0.405 e. The number of hydrogen-bond donors (Lipinski definition) is 1. The van der Waals surface area contributed by atoms with Crippen LogP contribution in [-0.4, -0.2) is 0 Å². The van der Waals surface area contributed by atoms with Gasteiger partial charge in [-0.1, -0.05) is 24.3 Å². The SMILES string of the molecule is C/C(=C\C=C/N)c1cccc(P)c1. The number of allylic oxidation sites excluding steroid dienone is 3. The van der Waals surface area contributed by atoms with Gasteiger partial charge in [-0.2, -0.15) is 0 Å². The molecule has 1 aromatic carbocycles. The molecule has 0 spiro atoms. The summed E-state index contributed by atoms with van der Waals surface area (Å²) in [5.41, 5.74) is 7.70. The van der Waals surface area contributed by atoms with Crippen LogP contribution < -0.4 is 11.0 Å². The van der Waals surface area contributed by atoms with E-state index in [2.05, 4.69) is 34.4 Å². The third-order valence-corrected chi connectivity index (χ3v) is 2.16. The second kappa shape index (κ2) is 4.84. The molecule has 0 radical (unpaired) electrons. The Morgan fingerprint density at radius 2 is 2.23 bits per heavy atom. The van der Waals surface area contributed by atoms with Gasteiger partial charge in [-0.15, -0.1) is 9.24 Å². The van der Waals surface area contributed by atoms with Crippen molar-refractivity contribution in [3.8, 4) is 0 Å². The second-order valence-corrected chi connectivity index (χ2v) is 3.53. The van der Waals surface area contributed by atoms with E-state index in [4.69, 9.17) is 5.73 Å². The summed E-state index contributed by atoms with van der Waals surface area (Å²) in [6.45, 7) is 2.07. The molecule has 2 N–H and O–H groups in total. The molecule has 1 unspecified atom stereocenters. The van der Waals surface area contributed by atoms with Crippen molar-refractivity contribution in [3.63, 3.8) is 0 Å². The Labute approximate surface area is 81.5 Å². The fourth-order valence-corrected chi connectivity index (χ4v) is 1.37. The van der Waals surface area contributed by atoms with Crippen molar-refractivity contribution >= 4 is 20.1 Å². The molecule has 0 aliphatic heterocycles. The molecule has 13 heavy (non-hydrogen) atoms. The van der Waals surface area contributed by atoms with Crippen molar-refractivity contribution in [2.75, 3.05) is 0 Å². The number of nitrogens with two attached hydrogens (primary N) is 1. The molecular formula is C11H14NP. The van der Waals surface area contributed by atoms with Crippen molar-refractivity contribution in [2.24, 2.45) is 5.73 Å². The summed E-state index contributed by atoms with van der Waals surface area (Å²) in [5.74, 6) is 0. The van der Waals surface area contributed by atoms with Gasteiger partial charge in [0, 0.05) is 0 Å². The molecule has 0 aromatic heterocycles. The van der Waals surface area contributed by atoms with Crippen LogP contribution in [0.1, 0.15) is 12.5 Å². The van der Waals surface area contributed by atoms with Gasteiger partial charge in [-0.25, -0.2) is 0 Å². The second-order valence-electron chi connectivity index (χ2n) is 2.86. The van der Waals surface area contributed by atoms with Crippen molar-refractivity contribution in [1.82, 2.24) is 0 Å². The van der Waals surface area contributed by atoms with E-state index in [9.17, 15) is 0 Å². The Morgan fingerprint density at radius 3 is 2.85 bits per heavy atom. The highest BCUT2D eigenvalue weighted by Crippen LogP contribution is 2.12. The summed E-state index contributed by atoms with van der Waals surface area (Å²) in [7, 11) is 2.69.